The molecule has 0 heterocycles. The van der Waals surface area contributed by atoms with Crippen molar-refractivity contribution >= 4 is 21.7 Å². The fourth-order valence-corrected chi connectivity index (χ4v) is 7.39. The van der Waals surface area contributed by atoms with Crippen LogP contribution in [0.25, 0.3) is 0 Å². The average Bonchev–Trinajstić information content (AvgIpc) is 2.91. The third kappa shape index (κ3) is 3.06. The van der Waals surface area contributed by atoms with Crippen molar-refractivity contribution in [3.8, 4) is 0 Å². The number of aliphatic hydroxyl groups is 2. The van der Waals surface area contributed by atoms with Gasteiger partial charge >= 0.3 is 0 Å². The summed E-state index contributed by atoms with van der Waals surface area (Å²) in [5.74, 6) is -0.652. The van der Waals surface area contributed by atoms with Gasteiger partial charge in [0.05, 0.1) is 12.4 Å². The molecule has 0 radical (unpaired) electrons. The molecule has 4 aliphatic rings. The van der Waals surface area contributed by atoms with Gasteiger partial charge < -0.3 is 10.2 Å². The summed E-state index contributed by atoms with van der Waals surface area (Å²) < 4.78 is 27.3. The first-order valence-electron chi connectivity index (χ1n) is 10.5. The fraction of sp³-hybridized carbons (Fsp3) is 0.727. The summed E-state index contributed by atoms with van der Waals surface area (Å²) >= 11 is 0. The van der Waals surface area contributed by atoms with E-state index in [1.165, 1.54) is 0 Å². The molecule has 0 aromatic carbocycles. The number of aliphatic hydroxyl groups excluding tert-OH is 1. The van der Waals surface area contributed by atoms with Gasteiger partial charge in [0.2, 0.25) is 0 Å². The van der Waals surface area contributed by atoms with Crippen molar-refractivity contribution in [3.05, 3.63) is 23.8 Å². The van der Waals surface area contributed by atoms with Gasteiger partial charge in [-0.1, -0.05) is 25.5 Å². The zero-order chi connectivity index (χ0) is 22.1. The van der Waals surface area contributed by atoms with Gasteiger partial charge in [0.15, 0.2) is 11.6 Å². The first-order chi connectivity index (χ1) is 13.8. The van der Waals surface area contributed by atoms with Gasteiger partial charge in [-0.05, 0) is 56.1 Å². The lowest BCUT2D eigenvalue weighted by atomic mass is 9.46. The Bertz CT molecular complexity index is 951. The number of carbonyl (C=O) groups is 2. The predicted octanol–water partition coefficient (Wildman–Crippen LogP) is 1.54. The number of carbonyl (C=O) groups excluding carboxylic acids is 2. The maximum atomic E-state index is 12.9. The minimum Gasteiger partial charge on any atom is -0.393 e. The monoisotopic (exact) mass is 438 g/mol. The number of hydrogen-bond donors (Lipinski definition) is 2. The summed E-state index contributed by atoms with van der Waals surface area (Å²) in [5.41, 5.74) is -1.97. The molecule has 2 N–H and O–H groups in total. The van der Waals surface area contributed by atoms with Crippen LogP contribution in [0.4, 0.5) is 0 Å². The number of allylic oxidation sites excluding steroid dienone is 4. The summed E-state index contributed by atoms with van der Waals surface area (Å²) in [4.78, 5) is 24.8. The number of fused-ring (bicyclic) bond motifs is 5. The van der Waals surface area contributed by atoms with E-state index in [-0.39, 0.29) is 36.4 Å². The second-order valence-corrected chi connectivity index (χ2v) is 11.6. The Morgan fingerprint density at radius 1 is 1.30 bits per heavy atom. The molecule has 0 saturated heterocycles. The van der Waals surface area contributed by atoms with Gasteiger partial charge in [0, 0.05) is 16.7 Å². The predicted molar refractivity (Wildman–Crippen MR) is 109 cm³/mol. The van der Waals surface area contributed by atoms with Gasteiger partial charge in [-0.25, -0.2) is 0 Å². The maximum absolute atomic E-state index is 12.9. The molecule has 0 aromatic rings. The fourth-order valence-electron chi connectivity index (χ4n) is 7.07. The lowest BCUT2D eigenvalue weighted by Gasteiger charge is -2.59. The molecule has 0 amide bonds. The highest BCUT2D eigenvalue weighted by atomic mass is 32.2. The van der Waals surface area contributed by atoms with E-state index < -0.39 is 45.0 Å². The molecule has 0 spiro atoms. The molecule has 4 aliphatic carbocycles. The van der Waals surface area contributed by atoms with Crippen molar-refractivity contribution in [2.24, 2.45) is 28.6 Å². The van der Waals surface area contributed by atoms with Crippen molar-refractivity contribution in [1.82, 2.24) is 0 Å². The molecule has 30 heavy (non-hydrogen) atoms. The van der Waals surface area contributed by atoms with Gasteiger partial charge in [0.25, 0.3) is 10.1 Å². The molecule has 0 unspecified atom stereocenters. The van der Waals surface area contributed by atoms with Crippen LogP contribution in [-0.2, 0) is 23.9 Å². The van der Waals surface area contributed by atoms with Crippen LogP contribution in [0, 0.1) is 28.6 Å². The molecule has 166 valence electrons. The second-order valence-electron chi connectivity index (χ2n) is 10.0. The molecule has 7 atom stereocenters. The Hall–Kier alpha value is -1.35. The van der Waals surface area contributed by atoms with Crippen LogP contribution in [-0.4, -0.2) is 54.8 Å². The summed E-state index contributed by atoms with van der Waals surface area (Å²) in [7, 11) is -3.80. The summed E-state index contributed by atoms with van der Waals surface area (Å²) in [6.07, 6.45) is 7.92. The van der Waals surface area contributed by atoms with Crippen LogP contribution in [0.3, 0.4) is 0 Å². The van der Waals surface area contributed by atoms with Crippen LogP contribution in [0.5, 0.6) is 0 Å². The molecular formula is C22H30O7S. The summed E-state index contributed by atoms with van der Waals surface area (Å²) in [6, 6.07) is 0. The number of hydrogen-bond acceptors (Lipinski definition) is 7. The third-order valence-corrected chi connectivity index (χ3v) is 9.06. The topological polar surface area (TPSA) is 118 Å². The highest BCUT2D eigenvalue weighted by Crippen LogP contribution is 2.67. The average molecular weight is 439 g/mol. The molecule has 0 aliphatic heterocycles. The molecule has 3 fully saturated rings. The Balaban J connectivity index is 1.66. The van der Waals surface area contributed by atoms with E-state index in [4.69, 9.17) is 0 Å². The van der Waals surface area contributed by atoms with E-state index in [1.807, 2.05) is 13.0 Å². The van der Waals surface area contributed by atoms with E-state index in [9.17, 15) is 28.2 Å². The largest absolute Gasteiger partial charge is 0.393 e. The van der Waals surface area contributed by atoms with Gasteiger partial charge in [-0.15, -0.1) is 0 Å². The maximum Gasteiger partial charge on any atom is 0.264 e. The smallest absolute Gasteiger partial charge is 0.264 e. The zero-order valence-corrected chi connectivity index (χ0v) is 18.4. The lowest BCUT2D eigenvalue weighted by molar-refractivity contribution is -0.177. The first kappa shape index (κ1) is 21.9. The molecule has 7 nitrogen and oxygen atoms in total. The minimum absolute atomic E-state index is 0.0162. The van der Waals surface area contributed by atoms with Gasteiger partial charge in [-0.2, -0.15) is 8.42 Å². The van der Waals surface area contributed by atoms with Crippen LogP contribution < -0.4 is 0 Å². The standard InChI is InChI=1S/C22H30O7S/c1-20-8-6-14(23)10-13(20)4-5-15-16-7-9-22(26,18(25)12-29-30(3,27)28)21(16,2)11-17(24)19(15)20/h6,8,10,15-17,19,24,26H,4-5,7,9,11-12H2,1-3H3/t15-,16-,17+,19+,20-,21+,22-/m0/s1. The van der Waals surface area contributed by atoms with Crippen molar-refractivity contribution < 1.29 is 32.4 Å². The lowest BCUT2D eigenvalue weighted by Crippen LogP contribution is -2.61. The molecule has 3 saturated carbocycles. The number of Topliss-reactive ketones (excluding diaryl/α,β-unsaturated/α-hetero) is 1. The SMILES string of the molecule is C[C@]12C=CC(=O)C=C1CC[C@@H]1[C@@H]2[C@H](O)C[C@]2(C)[C@H]1CC[C@]2(O)C(=O)COS(C)(=O)=O. The van der Waals surface area contributed by atoms with Gasteiger partial charge in [-0.3, -0.25) is 13.8 Å². The number of rotatable bonds is 4. The van der Waals surface area contributed by atoms with E-state index in [1.54, 1.807) is 12.2 Å². The third-order valence-electron chi connectivity index (χ3n) is 8.51. The molecule has 8 heteroatoms. The van der Waals surface area contributed by atoms with E-state index >= 15 is 0 Å². The summed E-state index contributed by atoms with van der Waals surface area (Å²) in [6.45, 7) is 3.21. The second kappa shape index (κ2) is 6.82. The van der Waals surface area contributed by atoms with Crippen molar-refractivity contribution in [1.29, 1.82) is 0 Å². The van der Waals surface area contributed by atoms with Crippen molar-refractivity contribution in [3.63, 3.8) is 0 Å². The Morgan fingerprint density at radius 2 is 2.00 bits per heavy atom. The molecular weight excluding hydrogens is 408 g/mol. The van der Waals surface area contributed by atoms with Gasteiger partial charge in [0.1, 0.15) is 12.2 Å². The molecule has 4 rings (SSSR count). The van der Waals surface area contributed by atoms with Crippen LogP contribution in [0.1, 0.15) is 46.0 Å². The Morgan fingerprint density at radius 3 is 2.67 bits per heavy atom. The van der Waals surface area contributed by atoms with Crippen LogP contribution in [0.15, 0.2) is 23.8 Å². The molecule has 0 aromatic heterocycles. The first-order valence-corrected chi connectivity index (χ1v) is 12.4. The Labute approximate surface area is 177 Å². The highest BCUT2D eigenvalue weighted by molar-refractivity contribution is 7.86. The van der Waals surface area contributed by atoms with Crippen molar-refractivity contribution in [2.45, 2.75) is 57.7 Å². The van der Waals surface area contributed by atoms with E-state index in [2.05, 4.69) is 11.1 Å². The number of ketones is 2. The minimum atomic E-state index is -3.80. The van der Waals surface area contributed by atoms with Crippen LogP contribution in [0.2, 0.25) is 0 Å². The Kier molecular flexibility index (Phi) is 4.97. The van der Waals surface area contributed by atoms with E-state index in [0.717, 1.165) is 24.7 Å². The summed E-state index contributed by atoms with van der Waals surface area (Å²) in [5, 5.41) is 22.7. The molecule has 0 bridgehead atoms. The van der Waals surface area contributed by atoms with Crippen molar-refractivity contribution in [2.75, 3.05) is 12.9 Å². The van der Waals surface area contributed by atoms with E-state index in [0.29, 0.717) is 6.42 Å². The highest BCUT2D eigenvalue weighted by Gasteiger charge is 2.68. The van der Waals surface area contributed by atoms with Crippen LogP contribution >= 0.6 is 0 Å². The zero-order valence-electron chi connectivity index (χ0n) is 17.6. The normalized spacial score (nSPS) is 45.4. The quantitative estimate of drug-likeness (QED) is 0.639.